The maximum Gasteiger partial charge on any atom is 0.303 e. The van der Waals surface area contributed by atoms with Crippen molar-refractivity contribution >= 4 is 13.8 Å². The van der Waals surface area contributed by atoms with Gasteiger partial charge in [0.15, 0.2) is 0 Å². The Balaban J connectivity index is 3.86. The lowest BCUT2D eigenvalue weighted by Gasteiger charge is -2.33. The molecule has 0 fully saturated rings. The van der Waals surface area contributed by atoms with Gasteiger partial charge in [0.2, 0.25) is 0 Å². The van der Waals surface area contributed by atoms with Crippen LogP contribution < -0.4 is 4.89 Å². The van der Waals surface area contributed by atoms with Crippen LogP contribution in [0.3, 0.4) is 0 Å². The molecule has 0 saturated heterocycles. The molecule has 0 amide bonds. The average molecular weight is 538 g/mol. The number of hydrogen-bond donors (Lipinski definition) is 0. The molecule has 0 saturated carbocycles. The van der Waals surface area contributed by atoms with E-state index in [1.54, 1.807) is 0 Å². The Morgan fingerprint density at radius 1 is 0.778 bits per heavy atom. The van der Waals surface area contributed by atoms with Crippen molar-refractivity contribution < 1.29 is 37.3 Å². The lowest BCUT2D eigenvalue weighted by atomic mass is 10.0. The van der Waals surface area contributed by atoms with Crippen molar-refractivity contribution in [3.63, 3.8) is 0 Å². The first-order valence-electron chi connectivity index (χ1n) is 14.1. The summed E-state index contributed by atoms with van der Waals surface area (Å²) in [7, 11) is 1.37. The maximum absolute atomic E-state index is 12.1. The number of carbonyl (C=O) groups excluding carboxylic acids is 1. The Morgan fingerprint density at radius 3 is 1.67 bits per heavy atom. The molecule has 3 unspecified atom stereocenters. The Bertz CT molecular complexity index is 583. The standard InChI is InChI=1S/C27H56NO7P/c1-7-8-9-10-11-12-13-14-15-16-17-18-19-20-21-32-23-27(35-26(3)29)24-34-36(30,31)33-22-25(2)28(4,5)6/h25,27H,7-24H2,1-6H3. The number of phosphoric acid groups is 1. The zero-order valence-electron chi connectivity index (χ0n) is 24.1. The van der Waals surface area contributed by atoms with Crippen LogP contribution in [0.5, 0.6) is 0 Å². The average Bonchev–Trinajstić information content (AvgIpc) is 2.79. The summed E-state index contributed by atoms with van der Waals surface area (Å²) >= 11 is 0. The normalized spacial score (nSPS) is 15.4. The van der Waals surface area contributed by atoms with Crippen LogP contribution in [0.4, 0.5) is 0 Å². The zero-order valence-corrected chi connectivity index (χ0v) is 25.0. The molecule has 0 N–H and O–H groups in total. The topological polar surface area (TPSA) is 94.1 Å². The number of phosphoric ester groups is 1. The quantitative estimate of drug-likeness (QED) is 0.0609. The highest BCUT2D eigenvalue weighted by atomic mass is 31.2. The van der Waals surface area contributed by atoms with Gasteiger partial charge in [0.25, 0.3) is 7.82 Å². The van der Waals surface area contributed by atoms with Crippen LogP contribution in [-0.4, -0.2) is 70.2 Å². The number of likely N-dealkylation sites (N-methyl/N-ethyl adjacent to an activating group) is 1. The molecule has 0 aliphatic heterocycles. The van der Waals surface area contributed by atoms with E-state index >= 15 is 0 Å². The fourth-order valence-corrected chi connectivity index (χ4v) is 4.42. The summed E-state index contributed by atoms with van der Waals surface area (Å²) in [5, 5.41) is 0. The lowest BCUT2D eigenvalue weighted by molar-refractivity contribution is -0.894. The number of rotatable bonds is 25. The smallest absolute Gasteiger partial charge is 0.303 e. The minimum Gasteiger partial charge on any atom is -0.756 e. The van der Waals surface area contributed by atoms with E-state index in [-0.39, 0.29) is 25.9 Å². The second-order valence-corrected chi connectivity index (χ2v) is 12.3. The molecule has 0 aromatic rings. The SMILES string of the molecule is CCCCCCCCCCCCCCCCOCC(COP(=O)([O-])OCC(C)[N+](C)(C)C)OC(C)=O. The van der Waals surface area contributed by atoms with Crippen molar-refractivity contribution in [1.29, 1.82) is 0 Å². The van der Waals surface area contributed by atoms with Crippen LogP contribution in [0.2, 0.25) is 0 Å². The molecule has 0 spiro atoms. The third kappa shape index (κ3) is 22.7. The van der Waals surface area contributed by atoms with Gasteiger partial charge in [-0.3, -0.25) is 9.36 Å². The van der Waals surface area contributed by atoms with Crippen molar-refractivity contribution in [3.8, 4) is 0 Å². The van der Waals surface area contributed by atoms with Crippen molar-refractivity contribution in [3.05, 3.63) is 0 Å². The van der Waals surface area contributed by atoms with E-state index in [2.05, 4.69) is 6.92 Å². The van der Waals surface area contributed by atoms with Gasteiger partial charge in [-0.1, -0.05) is 90.4 Å². The number of quaternary nitrogens is 1. The third-order valence-corrected chi connectivity index (χ3v) is 7.42. The highest BCUT2D eigenvalue weighted by Crippen LogP contribution is 2.38. The highest BCUT2D eigenvalue weighted by Gasteiger charge is 2.23. The van der Waals surface area contributed by atoms with Gasteiger partial charge < -0.3 is 27.9 Å². The Hall–Kier alpha value is -0.500. The van der Waals surface area contributed by atoms with Crippen LogP contribution in [0, 0.1) is 0 Å². The van der Waals surface area contributed by atoms with E-state index in [0.29, 0.717) is 11.1 Å². The first-order chi connectivity index (χ1) is 17.0. The number of ether oxygens (including phenoxy) is 2. The number of unbranched alkanes of at least 4 members (excludes halogenated alkanes) is 13. The summed E-state index contributed by atoms with van der Waals surface area (Å²) < 4.78 is 33.3. The minimum atomic E-state index is -4.50. The lowest BCUT2D eigenvalue weighted by Crippen LogP contribution is -2.45. The van der Waals surface area contributed by atoms with E-state index in [1.807, 2.05) is 28.1 Å². The van der Waals surface area contributed by atoms with Gasteiger partial charge in [-0.15, -0.1) is 0 Å². The van der Waals surface area contributed by atoms with Crippen molar-refractivity contribution in [2.45, 2.75) is 123 Å². The molecule has 216 valence electrons. The molecule has 3 atom stereocenters. The maximum atomic E-state index is 12.1. The Labute approximate surface area is 221 Å². The molecular formula is C27H56NO7P. The minimum absolute atomic E-state index is 0.0120. The van der Waals surface area contributed by atoms with E-state index < -0.39 is 19.9 Å². The van der Waals surface area contributed by atoms with Gasteiger partial charge in [-0.25, -0.2) is 0 Å². The molecule has 8 nitrogen and oxygen atoms in total. The zero-order chi connectivity index (χ0) is 27.3. The Morgan fingerprint density at radius 2 is 1.22 bits per heavy atom. The predicted molar refractivity (Wildman–Crippen MR) is 144 cm³/mol. The van der Waals surface area contributed by atoms with Crippen LogP contribution >= 0.6 is 7.82 Å². The van der Waals surface area contributed by atoms with Crippen LogP contribution in [0.25, 0.3) is 0 Å². The molecule has 9 heteroatoms. The molecular weight excluding hydrogens is 481 g/mol. The molecule has 0 aromatic carbocycles. The second-order valence-electron chi connectivity index (χ2n) is 10.9. The van der Waals surface area contributed by atoms with Crippen molar-refractivity contribution in [2.75, 3.05) is 47.6 Å². The van der Waals surface area contributed by atoms with Gasteiger partial charge in [0.1, 0.15) is 18.8 Å². The molecule has 36 heavy (non-hydrogen) atoms. The number of nitrogens with zero attached hydrogens (tertiary/aromatic N) is 1. The van der Waals surface area contributed by atoms with Crippen LogP contribution in [0.15, 0.2) is 0 Å². The first-order valence-corrected chi connectivity index (χ1v) is 15.6. The monoisotopic (exact) mass is 537 g/mol. The summed E-state index contributed by atoms with van der Waals surface area (Å²) in [4.78, 5) is 23.4. The number of hydrogen-bond acceptors (Lipinski definition) is 7. The molecule has 0 heterocycles. The van der Waals surface area contributed by atoms with Gasteiger partial charge in [0, 0.05) is 13.5 Å². The molecule has 0 rings (SSSR count). The third-order valence-electron chi connectivity index (χ3n) is 6.49. The van der Waals surface area contributed by atoms with Crippen LogP contribution in [-0.2, 0) is 27.9 Å². The fraction of sp³-hybridized carbons (Fsp3) is 0.963. The summed E-state index contributed by atoms with van der Waals surface area (Å²) in [6, 6.07) is -0.0337. The van der Waals surface area contributed by atoms with E-state index in [9.17, 15) is 14.3 Å². The first kappa shape index (κ1) is 35.5. The van der Waals surface area contributed by atoms with E-state index in [1.165, 1.54) is 84.0 Å². The van der Waals surface area contributed by atoms with Crippen molar-refractivity contribution in [1.82, 2.24) is 0 Å². The number of esters is 1. The van der Waals surface area contributed by atoms with E-state index in [0.717, 1.165) is 12.8 Å². The van der Waals surface area contributed by atoms with Gasteiger partial charge in [-0.2, -0.15) is 0 Å². The van der Waals surface area contributed by atoms with Gasteiger partial charge >= 0.3 is 5.97 Å². The summed E-state index contributed by atoms with van der Waals surface area (Å²) in [5.74, 6) is -0.510. The van der Waals surface area contributed by atoms with Gasteiger partial charge in [-0.05, 0) is 13.3 Å². The fourth-order valence-electron chi connectivity index (χ4n) is 3.60. The predicted octanol–water partition coefficient (Wildman–Crippen LogP) is 6.01. The largest absolute Gasteiger partial charge is 0.756 e. The summed E-state index contributed by atoms with van der Waals surface area (Å²) in [5.41, 5.74) is 0. The Kier molecular flexibility index (Phi) is 21.1. The summed E-state index contributed by atoms with van der Waals surface area (Å²) in [6.07, 6.45) is 17.3. The number of carbonyl (C=O) groups is 1. The van der Waals surface area contributed by atoms with Crippen LogP contribution in [0.1, 0.15) is 111 Å². The highest BCUT2D eigenvalue weighted by molar-refractivity contribution is 7.45. The van der Waals surface area contributed by atoms with E-state index in [4.69, 9.17) is 18.5 Å². The molecule has 0 bridgehead atoms. The molecule has 0 radical (unpaired) electrons. The molecule has 0 aromatic heterocycles. The summed E-state index contributed by atoms with van der Waals surface area (Å²) in [6.45, 7) is 5.75. The van der Waals surface area contributed by atoms with Crippen molar-refractivity contribution in [2.24, 2.45) is 0 Å². The second kappa shape index (κ2) is 21.4. The van der Waals surface area contributed by atoms with Gasteiger partial charge in [0.05, 0.1) is 34.4 Å². The molecule has 0 aliphatic carbocycles. The molecule has 0 aliphatic rings.